The Morgan fingerprint density at radius 1 is 1.35 bits per heavy atom. The molecule has 0 bridgehead atoms. The smallest absolute Gasteiger partial charge is 0.124 e. The number of hydrogen-bond acceptors (Lipinski definition) is 2. The van der Waals surface area contributed by atoms with Crippen LogP contribution in [0.1, 0.15) is 12.5 Å². The van der Waals surface area contributed by atoms with Gasteiger partial charge in [0.25, 0.3) is 0 Å². The van der Waals surface area contributed by atoms with Crippen molar-refractivity contribution in [3.05, 3.63) is 34.1 Å². The monoisotopic (exact) mass is 300 g/mol. The Labute approximate surface area is 111 Å². The van der Waals surface area contributed by atoms with Crippen LogP contribution < -0.4 is 0 Å². The van der Waals surface area contributed by atoms with Crippen LogP contribution >= 0.6 is 15.9 Å². The molecule has 4 heteroatoms. The van der Waals surface area contributed by atoms with Gasteiger partial charge in [-0.15, -0.1) is 0 Å². The molecule has 0 saturated carbocycles. The summed E-state index contributed by atoms with van der Waals surface area (Å²) in [6.07, 6.45) is 0. The molecule has 0 spiro atoms. The quantitative estimate of drug-likeness (QED) is 0.829. The van der Waals surface area contributed by atoms with Gasteiger partial charge in [0.2, 0.25) is 0 Å². The van der Waals surface area contributed by atoms with Crippen molar-refractivity contribution >= 4 is 15.9 Å². The number of rotatable bonds is 2. The topological polar surface area (TPSA) is 6.48 Å². The second kappa shape index (κ2) is 5.46. The molecule has 1 fully saturated rings. The molecule has 0 amide bonds. The lowest BCUT2D eigenvalue weighted by Gasteiger charge is -2.38. The first-order valence-corrected chi connectivity index (χ1v) is 6.71. The lowest BCUT2D eigenvalue weighted by molar-refractivity contribution is 0.0937. The van der Waals surface area contributed by atoms with E-state index in [1.807, 2.05) is 6.07 Å². The summed E-state index contributed by atoms with van der Waals surface area (Å²) in [6, 6.07) is 5.64. The zero-order valence-corrected chi connectivity index (χ0v) is 11.9. The zero-order chi connectivity index (χ0) is 12.4. The Morgan fingerprint density at radius 2 is 2.12 bits per heavy atom. The van der Waals surface area contributed by atoms with Crippen LogP contribution in [0.2, 0.25) is 0 Å². The normalized spacial score (nSPS) is 22.9. The van der Waals surface area contributed by atoms with Crippen LogP contribution in [0.5, 0.6) is 0 Å². The van der Waals surface area contributed by atoms with E-state index < -0.39 is 0 Å². The molecular weight excluding hydrogens is 283 g/mol. The molecule has 1 saturated heterocycles. The summed E-state index contributed by atoms with van der Waals surface area (Å²) >= 11 is 3.34. The van der Waals surface area contributed by atoms with Crippen LogP contribution in [0, 0.1) is 5.82 Å². The van der Waals surface area contributed by atoms with Gasteiger partial charge in [-0.1, -0.05) is 15.9 Å². The molecule has 0 radical (unpaired) electrons. The fourth-order valence-electron chi connectivity index (χ4n) is 2.35. The number of piperazine rings is 1. The van der Waals surface area contributed by atoms with Crippen molar-refractivity contribution in [3.8, 4) is 0 Å². The minimum Gasteiger partial charge on any atom is -0.304 e. The molecular formula is C13H18BrFN2. The highest BCUT2D eigenvalue weighted by Crippen LogP contribution is 2.18. The van der Waals surface area contributed by atoms with Crippen molar-refractivity contribution in [2.75, 3.05) is 26.7 Å². The van der Waals surface area contributed by atoms with Gasteiger partial charge < -0.3 is 4.90 Å². The van der Waals surface area contributed by atoms with E-state index in [0.29, 0.717) is 6.04 Å². The lowest BCUT2D eigenvalue weighted by atomic mass is 10.1. The summed E-state index contributed by atoms with van der Waals surface area (Å²) in [5, 5.41) is 0. The van der Waals surface area contributed by atoms with Crippen molar-refractivity contribution in [2.24, 2.45) is 0 Å². The van der Waals surface area contributed by atoms with Crippen molar-refractivity contribution < 1.29 is 4.39 Å². The minimum absolute atomic E-state index is 0.170. The lowest BCUT2D eigenvalue weighted by Crippen LogP contribution is -2.49. The highest BCUT2D eigenvalue weighted by atomic mass is 79.9. The molecule has 1 aliphatic rings. The SMILES string of the molecule is CC1CN(C)CCN1Cc1cc(F)cc(Br)c1. The number of benzene rings is 1. The van der Waals surface area contributed by atoms with Crippen molar-refractivity contribution in [1.29, 1.82) is 0 Å². The van der Waals surface area contributed by atoms with E-state index in [4.69, 9.17) is 0 Å². The second-order valence-corrected chi connectivity index (χ2v) is 5.78. The molecule has 1 aromatic carbocycles. The van der Waals surface area contributed by atoms with E-state index in [1.54, 1.807) is 6.07 Å². The molecule has 1 heterocycles. The molecule has 94 valence electrons. The average Bonchev–Trinajstić information content (AvgIpc) is 2.21. The molecule has 0 N–H and O–H groups in total. The van der Waals surface area contributed by atoms with Crippen molar-refractivity contribution in [2.45, 2.75) is 19.5 Å². The Hall–Kier alpha value is -0.450. The van der Waals surface area contributed by atoms with E-state index in [2.05, 4.69) is 39.7 Å². The first kappa shape index (κ1) is 13.0. The molecule has 1 unspecified atom stereocenters. The highest BCUT2D eigenvalue weighted by Gasteiger charge is 2.21. The van der Waals surface area contributed by atoms with Crippen LogP contribution in [0.25, 0.3) is 0 Å². The van der Waals surface area contributed by atoms with Gasteiger partial charge in [0.1, 0.15) is 5.82 Å². The fourth-order valence-corrected chi connectivity index (χ4v) is 2.86. The third kappa shape index (κ3) is 3.50. The van der Waals surface area contributed by atoms with Gasteiger partial charge in [0.15, 0.2) is 0 Å². The maximum absolute atomic E-state index is 13.3. The Morgan fingerprint density at radius 3 is 2.76 bits per heavy atom. The third-order valence-electron chi connectivity index (χ3n) is 3.28. The van der Waals surface area contributed by atoms with Crippen molar-refractivity contribution in [1.82, 2.24) is 9.80 Å². The van der Waals surface area contributed by atoms with Crippen LogP contribution in [0.15, 0.2) is 22.7 Å². The largest absolute Gasteiger partial charge is 0.304 e. The van der Waals surface area contributed by atoms with E-state index in [0.717, 1.165) is 36.2 Å². The predicted octanol–water partition coefficient (Wildman–Crippen LogP) is 2.72. The number of nitrogens with zero attached hydrogens (tertiary/aromatic N) is 2. The molecule has 17 heavy (non-hydrogen) atoms. The third-order valence-corrected chi connectivity index (χ3v) is 3.73. The standard InChI is InChI=1S/C13H18BrFN2/c1-10-8-16(2)3-4-17(10)9-11-5-12(14)7-13(15)6-11/h5-7,10H,3-4,8-9H2,1-2H3. The van der Waals surface area contributed by atoms with E-state index >= 15 is 0 Å². The zero-order valence-electron chi connectivity index (χ0n) is 10.3. The van der Waals surface area contributed by atoms with E-state index in [1.165, 1.54) is 6.07 Å². The number of halogens is 2. The summed E-state index contributed by atoms with van der Waals surface area (Å²) in [6.45, 7) is 6.26. The van der Waals surface area contributed by atoms with Gasteiger partial charge in [-0.25, -0.2) is 4.39 Å². The van der Waals surface area contributed by atoms with Crippen LogP contribution in [-0.2, 0) is 6.54 Å². The molecule has 2 nitrogen and oxygen atoms in total. The molecule has 1 aliphatic heterocycles. The molecule has 1 aromatic rings. The molecule has 2 rings (SSSR count). The van der Waals surface area contributed by atoms with Gasteiger partial charge in [0.05, 0.1) is 0 Å². The van der Waals surface area contributed by atoms with E-state index in [9.17, 15) is 4.39 Å². The van der Waals surface area contributed by atoms with Gasteiger partial charge in [-0.2, -0.15) is 0 Å². The van der Waals surface area contributed by atoms with E-state index in [-0.39, 0.29) is 5.82 Å². The molecule has 0 aliphatic carbocycles. The summed E-state index contributed by atoms with van der Waals surface area (Å²) in [5.74, 6) is -0.170. The second-order valence-electron chi connectivity index (χ2n) is 4.86. The average molecular weight is 301 g/mol. The van der Waals surface area contributed by atoms with Gasteiger partial charge in [-0.3, -0.25) is 4.90 Å². The number of hydrogen-bond donors (Lipinski definition) is 0. The van der Waals surface area contributed by atoms with Crippen LogP contribution in [0.4, 0.5) is 4.39 Å². The maximum Gasteiger partial charge on any atom is 0.124 e. The summed E-state index contributed by atoms with van der Waals surface area (Å²) in [7, 11) is 2.15. The first-order chi connectivity index (χ1) is 8.04. The summed E-state index contributed by atoms with van der Waals surface area (Å²) in [5.41, 5.74) is 1.04. The fraction of sp³-hybridized carbons (Fsp3) is 0.538. The number of likely N-dealkylation sites (N-methyl/N-ethyl adjacent to an activating group) is 1. The van der Waals surface area contributed by atoms with Crippen LogP contribution in [-0.4, -0.2) is 42.5 Å². The van der Waals surface area contributed by atoms with Gasteiger partial charge in [0, 0.05) is 36.7 Å². The Bertz CT molecular complexity index is 377. The minimum atomic E-state index is -0.170. The highest BCUT2D eigenvalue weighted by molar-refractivity contribution is 9.10. The van der Waals surface area contributed by atoms with Gasteiger partial charge in [-0.05, 0) is 37.7 Å². The Kier molecular flexibility index (Phi) is 4.17. The Balaban J connectivity index is 2.05. The molecule has 1 atom stereocenters. The van der Waals surface area contributed by atoms with Crippen LogP contribution in [0.3, 0.4) is 0 Å². The predicted molar refractivity (Wildman–Crippen MR) is 71.5 cm³/mol. The van der Waals surface area contributed by atoms with Crippen molar-refractivity contribution in [3.63, 3.8) is 0 Å². The summed E-state index contributed by atoms with van der Waals surface area (Å²) in [4.78, 5) is 4.74. The van der Waals surface area contributed by atoms with Gasteiger partial charge >= 0.3 is 0 Å². The maximum atomic E-state index is 13.3. The first-order valence-electron chi connectivity index (χ1n) is 5.92. The molecule has 0 aromatic heterocycles. The summed E-state index contributed by atoms with van der Waals surface area (Å²) < 4.78 is 14.1.